The number of aromatic nitrogens is 2. The summed E-state index contributed by atoms with van der Waals surface area (Å²) in [5.41, 5.74) is -0.135. The lowest BCUT2D eigenvalue weighted by Gasteiger charge is -2.06. The fourth-order valence-corrected chi connectivity index (χ4v) is 1.91. The molecule has 1 saturated carbocycles. The lowest BCUT2D eigenvalue weighted by Crippen LogP contribution is -2.37. The normalized spacial score (nSPS) is 15.6. The largest absolute Gasteiger partial charge is 0.329 e. The number of hydrogen-bond acceptors (Lipinski definition) is 2. The van der Waals surface area contributed by atoms with Gasteiger partial charge in [0.15, 0.2) is 0 Å². The minimum Gasteiger partial charge on any atom is -0.297 e. The number of H-pyrrole nitrogens is 1. The molecule has 1 N–H and O–H groups in total. The van der Waals surface area contributed by atoms with Crippen LogP contribution in [0.15, 0.2) is 9.59 Å². The minimum atomic E-state index is -0.394. The van der Waals surface area contributed by atoms with E-state index in [1.807, 2.05) is 6.92 Å². The van der Waals surface area contributed by atoms with Gasteiger partial charge in [0.25, 0.3) is 5.56 Å². The van der Waals surface area contributed by atoms with Crippen molar-refractivity contribution in [1.29, 1.82) is 0 Å². The smallest absolute Gasteiger partial charge is 0.297 e. The summed E-state index contributed by atoms with van der Waals surface area (Å²) in [4.78, 5) is 25.9. The fourth-order valence-electron chi connectivity index (χ4n) is 1.62. The predicted molar refractivity (Wildman–Crippen MR) is 58.4 cm³/mol. The summed E-state index contributed by atoms with van der Waals surface area (Å²) in [6.45, 7) is 2.38. The molecule has 0 aliphatic heterocycles. The molecule has 1 aliphatic carbocycles. The maximum Gasteiger partial charge on any atom is 0.329 e. The van der Waals surface area contributed by atoms with Gasteiger partial charge in [-0.2, -0.15) is 0 Å². The third kappa shape index (κ3) is 2.00. The van der Waals surface area contributed by atoms with Crippen molar-refractivity contribution < 1.29 is 0 Å². The van der Waals surface area contributed by atoms with E-state index >= 15 is 0 Å². The second kappa shape index (κ2) is 3.85. The highest BCUT2D eigenvalue weighted by atomic mass is 35.5. The van der Waals surface area contributed by atoms with E-state index in [4.69, 9.17) is 11.6 Å². The standard InChI is InChI=1S/C10H13ClN2O2/c1-2-7-8(11)12-10(15)13(9(7)14)5-6-3-4-6/h6H,2-5H2,1H3,(H,12,15). The summed E-state index contributed by atoms with van der Waals surface area (Å²) in [5, 5.41) is 0.180. The zero-order chi connectivity index (χ0) is 11.0. The molecule has 0 radical (unpaired) electrons. The summed E-state index contributed by atoms with van der Waals surface area (Å²) in [5.74, 6) is 0.495. The average molecular weight is 229 g/mol. The Hall–Kier alpha value is -1.03. The van der Waals surface area contributed by atoms with Gasteiger partial charge in [0, 0.05) is 6.54 Å². The molecule has 82 valence electrons. The summed E-state index contributed by atoms with van der Waals surface area (Å²) in [7, 11) is 0. The van der Waals surface area contributed by atoms with Crippen molar-refractivity contribution in [3.05, 3.63) is 31.6 Å². The maximum absolute atomic E-state index is 11.9. The van der Waals surface area contributed by atoms with Gasteiger partial charge in [0.2, 0.25) is 0 Å². The Balaban J connectivity index is 2.52. The van der Waals surface area contributed by atoms with E-state index < -0.39 is 5.69 Å². The van der Waals surface area contributed by atoms with Gasteiger partial charge in [-0.1, -0.05) is 18.5 Å². The van der Waals surface area contributed by atoms with Gasteiger partial charge in [-0.25, -0.2) is 4.79 Å². The van der Waals surface area contributed by atoms with Gasteiger partial charge in [-0.05, 0) is 25.2 Å². The van der Waals surface area contributed by atoms with Crippen molar-refractivity contribution in [3.63, 3.8) is 0 Å². The first-order valence-corrected chi connectivity index (χ1v) is 5.52. The highest BCUT2D eigenvalue weighted by molar-refractivity contribution is 6.30. The van der Waals surface area contributed by atoms with Crippen LogP contribution >= 0.6 is 11.6 Å². The van der Waals surface area contributed by atoms with Gasteiger partial charge in [0.1, 0.15) is 5.15 Å². The molecule has 0 spiro atoms. The van der Waals surface area contributed by atoms with Crippen LogP contribution in [0.3, 0.4) is 0 Å². The van der Waals surface area contributed by atoms with Gasteiger partial charge in [0.05, 0.1) is 5.56 Å². The first-order chi connectivity index (χ1) is 7.13. The van der Waals surface area contributed by atoms with Gasteiger partial charge in [-0.15, -0.1) is 0 Å². The Morgan fingerprint density at radius 3 is 2.67 bits per heavy atom. The first kappa shape index (κ1) is 10.5. The van der Waals surface area contributed by atoms with Gasteiger partial charge in [-0.3, -0.25) is 14.3 Å². The fraction of sp³-hybridized carbons (Fsp3) is 0.600. The second-order valence-electron chi connectivity index (χ2n) is 3.94. The van der Waals surface area contributed by atoms with Crippen LogP contribution in [0.4, 0.5) is 0 Å². The topological polar surface area (TPSA) is 54.9 Å². The number of halogens is 1. The Kier molecular flexibility index (Phi) is 2.69. The van der Waals surface area contributed by atoms with Crippen LogP contribution < -0.4 is 11.2 Å². The lowest BCUT2D eigenvalue weighted by molar-refractivity contribution is 0.569. The second-order valence-corrected chi connectivity index (χ2v) is 4.31. The van der Waals surface area contributed by atoms with E-state index in [9.17, 15) is 9.59 Å². The Morgan fingerprint density at radius 2 is 2.13 bits per heavy atom. The van der Waals surface area contributed by atoms with E-state index in [1.165, 1.54) is 4.57 Å². The van der Waals surface area contributed by atoms with Gasteiger partial charge >= 0.3 is 5.69 Å². The summed E-state index contributed by atoms with van der Waals surface area (Å²) in [6.07, 6.45) is 2.76. The molecule has 2 rings (SSSR count). The first-order valence-electron chi connectivity index (χ1n) is 5.15. The molecule has 0 saturated heterocycles. The highest BCUT2D eigenvalue weighted by Gasteiger charge is 2.24. The van der Waals surface area contributed by atoms with E-state index in [2.05, 4.69) is 4.98 Å². The number of nitrogens with zero attached hydrogens (tertiary/aromatic N) is 1. The third-order valence-electron chi connectivity index (χ3n) is 2.72. The zero-order valence-electron chi connectivity index (χ0n) is 8.55. The van der Waals surface area contributed by atoms with E-state index in [-0.39, 0.29) is 10.7 Å². The van der Waals surface area contributed by atoms with Crippen molar-refractivity contribution in [2.24, 2.45) is 5.92 Å². The molecule has 1 aromatic rings. The van der Waals surface area contributed by atoms with Crippen LogP contribution in [0.1, 0.15) is 25.3 Å². The maximum atomic E-state index is 11.9. The molecule has 0 atom stereocenters. The molecule has 1 aromatic heterocycles. The van der Waals surface area contributed by atoms with Crippen molar-refractivity contribution >= 4 is 11.6 Å². The Labute approximate surface area is 91.9 Å². The molecule has 0 bridgehead atoms. The van der Waals surface area contributed by atoms with Gasteiger partial charge < -0.3 is 0 Å². The van der Waals surface area contributed by atoms with Crippen LogP contribution in [0, 0.1) is 5.92 Å². The van der Waals surface area contributed by atoms with Crippen LogP contribution in [0.25, 0.3) is 0 Å². The van der Waals surface area contributed by atoms with E-state index in [0.717, 1.165) is 12.8 Å². The van der Waals surface area contributed by atoms with Crippen LogP contribution in [0.5, 0.6) is 0 Å². The zero-order valence-corrected chi connectivity index (χ0v) is 9.30. The quantitative estimate of drug-likeness (QED) is 0.790. The molecule has 0 amide bonds. The molecule has 1 aliphatic rings. The molecule has 0 aromatic carbocycles. The van der Waals surface area contributed by atoms with E-state index in [0.29, 0.717) is 24.4 Å². The summed E-state index contributed by atoms with van der Waals surface area (Å²) >= 11 is 5.79. The van der Waals surface area contributed by atoms with E-state index in [1.54, 1.807) is 0 Å². The minimum absolute atomic E-state index is 0.180. The number of hydrogen-bond donors (Lipinski definition) is 1. The van der Waals surface area contributed by atoms with Crippen molar-refractivity contribution in [3.8, 4) is 0 Å². The molecule has 1 fully saturated rings. The third-order valence-corrected chi connectivity index (χ3v) is 3.04. The molecule has 15 heavy (non-hydrogen) atoms. The molecule has 5 heteroatoms. The summed E-state index contributed by atoms with van der Waals surface area (Å²) < 4.78 is 1.27. The average Bonchev–Trinajstić information content (AvgIpc) is 2.96. The van der Waals surface area contributed by atoms with Crippen LogP contribution in [0.2, 0.25) is 5.15 Å². The number of aromatic amines is 1. The number of rotatable bonds is 3. The summed E-state index contributed by atoms with van der Waals surface area (Å²) in [6, 6.07) is 0. The van der Waals surface area contributed by atoms with Crippen molar-refractivity contribution in [1.82, 2.24) is 9.55 Å². The predicted octanol–water partition coefficient (Wildman–Crippen LogP) is 1.16. The highest BCUT2D eigenvalue weighted by Crippen LogP contribution is 2.29. The Bertz CT molecular complexity index is 485. The molecular weight excluding hydrogens is 216 g/mol. The monoisotopic (exact) mass is 228 g/mol. The van der Waals surface area contributed by atoms with Crippen molar-refractivity contribution in [2.75, 3.05) is 0 Å². The van der Waals surface area contributed by atoms with Crippen LogP contribution in [-0.2, 0) is 13.0 Å². The number of nitrogens with one attached hydrogen (secondary N) is 1. The molecular formula is C10H13ClN2O2. The SMILES string of the molecule is CCc1c(Cl)[nH]c(=O)n(CC2CC2)c1=O. The Morgan fingerprint density at radius 1 is 1.47 bits per heavy atom. The van der Waals surface area contributed by atoms with Crippen LogP contribution in [-0.4, -0.2) is 9.55 Å². The lowest BCUT2D eigenvalue weighted by atomic mass is 10.2. The molecule has 1 heterocycles. The van der Waals surface area contributed by atoms with Crippen molar-refractivity contribution in [2.45, 2.75) is 32.7 Å². The molecule has 0 unspecified atom stereocenters. The molecule has 4 nitrogen and oxygen atoms in total.